The molecule has 8 heteroatoms. The summed E-state index contributed by atoms with van der Waals surface area (Å²) in [6, 6.07) is 8.37. The lowest BCUT2D eigenvalue weighted by atomic mass is 10.2. The minimum Gasteiger partial charge on any atom is -0.353 e. The van der Waals surface area contributed by atoms with Crippen LogP contribution in [0.4, 0.5) is 5.82 Å². The standard InChI is InChI=1S/C19H23N7S/c1-15-3-5-17(6-4-15)26-16(2)22-25(19(26)27)14-23-9-11-24(12-10-23)18-13-20-7-8-21-18/h3-8,13H,9-12,14H2,1-2H3. The van der Waals surface area contributed by atoms with Gasteiger partial charge in [0.05, 0.1) is 12.9 Å². The highest BCUT2D eigenvalue weighted by molar-refractivity contribution is 7.71. The normalized spacial score (nSPS) is 15.3. The lowest BCUT2D eigenvalue weighted by molar-refractivity contribution is 0.193. The second-order valence-corrected chi connectivity index (χ2v) is 7.18. The van der Waals surface area contributed by atoms with Gasteiger partial charge >= 0.3 is 0 Å². The Morgan fingerprint density at radius 3 is 2.41 bits per heavy atom. The molecule has 27 heavy (non-hydrogen) atoms. The molecule has 0 aliphatic carbocycles. The molecule has 140 valence electrons. The number of aryl methyl sites for hydroxylation is 2. The SMILES string of the molecule is Cc1ccc(-n2c(C)nn(CN3CCN(c4cnccn4)CC3)c2=S)cc1. The molecule has 0 radical (unpaired) electrons. The van der Waals surface area contributed by atoms with Crippen molar-refractivity contribution in [2.45, 2.75) is 20.5 Å². The molecule has 0 atom stereocenters. The molecule has 0 amide bonds. The average Bonchev–Trinajstić information content (AvgIpc) is 2.97. The lowest BCUT2D eigenvalue weighted by Crippen LogP contribution is -2.47. The summed E-state index contributed by atoms with van der Waals surface area (Å²) in [5.41, 5.74) is 2.29. The Balaban J connectivity index is 1.46. The number of anilines is 1. The van der Waals surface area contributed by atoms with E-state index in [0.717, 1.165) is 48.3 Å². The van der Waals surface area contributed by atoms with Gasteiger partial charge in [-0.2, -0.15) is 5.10 Å². The first-order valence-electron chi connectivity index (χ1n) is 9.08. The fourth-order valence-electron chi connectivity index (χ4n) is 3.36. The van der Waals surface area contributed by atoms with Gasteiger partial charge < -0.3 is 4.90 Å². The Morgan fingerprint density at radius 2 is 1.74 bits per heavy atom. The molecule has 1 aromatic carbocycles. The summed E-state index contributed by atoms with van der Waals surface area (Å²) >= 11 is 5.70. The van der Waals surface area contributed by atoms with E-state index in [9.17, 15) is 0 Å². The molecule has 0 unspecified atom stereocenters. The highest BCUT2D eigenvalue weighted by atomic mass is 32.1. The number of rotatable bonds is 4. The first kappa shape index (κ1) is 17.8. The van der Waals surface area contributed by atoms with Gasteiger partial charge in [0.25, 0.3) is 0 Å². The molecule has 1 saturated heterocycles. The maximum absolute atomic E-state index is 5.70. The second-order valence-electron chi connectivity index (χ2n) is 6.81. The van der Waals surface area contributed by atoms with Crippen molar-refractivity contribution in [2.75, 3.05) is 31.1 Å². The summed E-state index contributed by atoms with van der Waals surface area (Å²) < 4.78 is 4.68. The van der Waals surface area contributed by atoms with Gasteiger partial charge in [-0.3, -0.25) is 14.5 Å². The number of aromatic nitrogens is 5. The third-order valence-corrected chi connectivity index (χ3v) is 5.27. The third-order valence-electron chi connectivity index (χ3n) is 4.87. The number of nitrogens with zero attached hydrogens (tertiary/aromatic N) is 7. The van der Waals surface area contributed by atoms with Crippen molar-refractivity contribution in [3.05, 3.63) is 59.0 Å². The van der Waals surface area contributed by atoms with Crippen molar-refractivity contribution in [3.8, 4) is 5.69 Å². The molecule has 2 aromatic heterocycles. The van der Waals surface area contributed by atoms with Crippen LogP contribution in [0.2, 0.25) is 0 Å². The van der Waals surface area contributed by atoms with Crippen LogP contribution in [0.25, 0.3) is 5.69 Å². The van der Waals surface area contributed by atoms with Crippen LogP contribution in [0.1, 0.15) is 11.4 Å². The van der Waals surface area contributed by atoms with Gasteiger partial charge in [0.15, 0.2) is 0 Å². The highest BCUT2D eigenvalue weighted by Gasteiger charge is 2.19. The van der Waals surface area contributed by atoms with Crippen LogP contribution in [-0.4, -0.2) is 55.4 Å². The van der Waals surface area contributed by atoms with Crippen LogP contribution in [0.15, 0.2) is 42.9 Å². The molecular weight excluding hydrogens is 358 g/mol. The topological polar surface area (TPSA) is 55.0 Å². The maximum Gasteiger partial charge on any atom is 0.203 e. The molecule has 0 N–H and O–H groups in total. The minimum absolute atomic E-state index is 0.701. The second kappa shape index (κ2) is 7.58. The summed E-state index contributed by atoms with van der Waals surface area (Å²) in [5.74, 6) is 1.84. The zero-order valence-electron chi connectivity index (χ0n) is 15.6. The zero-order chi connectivity index (χ0) is 18.8. The molecule has 3 heterocycles. The molecule has 0 spiro atoms. The smallest absolute Gasteiger partial charge is 0.203 e. The Labute approximate surface area is 163 Å². The van der Waals surface area contributed by atoms with Crippen LogP contribution < -0.4 is 4.90 Å². The van der Waals surface area contributed by atoms with Gasteiger partial charge in [0.2, 0.25) is 4.77 Å². The van der Waals surface area contributed by atoms with Crippen LogP contribution in [0.3, 0.4) is 0 Å². The molecule has 7 nitrogen and oxygen atoms in total. The van der Waals surface area contributed by atoms with E-state index in [0.29, 0.717) is 6.67 Å². The van der Waals surface area contributed by atoms with Gasteiger partial charge in [-0.25, -0.2) is 9.67 Å². The molecule has 1 aliphatic rings. The molecule has 1 fully saturated rings. The Kier molecular flexibility index (Phi) is 5.00. The van der Waals surface area contributed by atoms with Crippen molar-refractivity contribution < 1.29 is 0 Å². The molecule has 0 saturated carbocycles. The maximum atomic E-state index is 5.70. The van der Waals surface area contributed by atoms with Gasteiger partial charge in [-0.15, -0.1) is 0 Å². The van der Waals surface area contributed by atoms with E-state index in [2.05, 4.69) is 56.1 Å². The van der Waals surface area contributed by atoms with Crippen molar-refractivity contribution in [1.82, 2.24) is 29.2 Å². The summed E-state index contributed by atoms with van der Waals surface area (Å²) in [6.07, 6.45) is 5.26. The fraction of sp³-hybridized carbons (Fsp3) is 0.368. The Bertz CT molecular complexity index is 954. The predicted octanol–water partition coefficient (Wildman–Crippen LogP) is 2.59. The summed E-state index contributed by atoms with van der Waals surface area (Å²) in [7, 11) is 0. The number of benzene rings is 1. The van der Waals surface area contributed by atoms with E-state index < -0.39 is 0 Å². The Morgan fingerprint density at radius 1 is 1.00 bits per heavy atom. The van der Waals surface area contributed by atoms with Gasteiger partial charge in [-0.05, 0) is 38.2 Å². The van der Waals surface area contributed by atoms with Crippen molar-refractivity contribution >= 4 is 18.0 Å². The highest BCUT2D eigenvalue weighted by Crippen LogP contribution is 2.15. The zero-order valence-corrected chi connectivity index (χ0v) is 16.4. The third kappa shape index (κ3) is 3.77. The summed E-state index contributed by atoms with van der Waals surface area (Å²) in [4.78, 5) is 13.2. The minimum atomic E-state index is 0.701. The summed E-state index contributed by atoms with van der Waals surface area (Å²) in [5, 5.41) is 4.68. The van der Waals surface area contributed by atoms with E-state index in [4.69, 9.17) is 12.2 Å². The average molecular weight is 382 g/mol. The van der Waals surface area contributed by atoms with Crippen LogP contribution in [-0.2, 0) is 6.67 Å². The van der Waals surface area contributed by atoms with E-state index in [1.165, 1.54) is 5.56 Å². The number of hydrogen-bond acceptors (Lipinski definition) is 6. The monoisotopic (exact) mass is 381 g/mol. The number of piperazine rings is 1. The summed E-state index contributed by atoms with van der Waals surface area (Å²) in [6.45, 7) is 8.50. The van der Waals surface area contributed by atoms with E-state index in [-0.39, 0.29) is 0 Å². The van der Waals surface area contributed by atoms with Gasteiger partial charge in [0.1, 0.15) is 11.6 Å². The van der Waals surface area contributed by atoms with Crippen LogP contribution >= 0.6 is 12.2 Å². The van der Waals surface area contributed by atoms with Crippen molar-refractivity contribution in [2.24, 2.45) is 0 Å². The van der Waals surface area contributed by atoms with Crippen LogP contribution in [0, 0.1) is 18.6 Å². The largest absolute Gasteiger partial charge is 0.353 e. The van der Waals surface area contributed by atoms with Gasteiger partial charge in [0, 0.05) is 44.3 Å². The number of hydrogen-bond donors (Lipinski definition) is 0. The van der Waals surface area contributed by atoms with Crippen molar-refractivity contribution in [1.29, 1.82) is 0 Å². The molecule has 4 rings (SSSR count). The molecular formula is C19H23N7S. The first-order chi connectivity index (χ1) is 13.1. The van der Waals surface area contributed by atoms with Crippen LogP contribution in [0.5, 0.6) is 0 Å². The molecule has 1 aliphatic heterocycles. The lowest BCUT2D eigenvalue weighted by Gasteiger charge is -2.34. The first-order valence-corrected chi connectivity index (χ1v) is 9.49. The Hall–Kier alpha value is -2.58. The van der Waals surface area contributed by atoms with E-state index in [1.807, 2.05) is 22.4 Å². The van der Waals surface area contributed by atoms with Gasteiger partial charge in [-0.1, -0.05) is 17.7 Å². The van der Waals surface area contributed by atoms with Crippen molar-refractivity contribution in [3.63, 3.8) is 0 Å². The predicted molar refractivity (Wildman–Crippen MR) is 108 cm³/mol. The fourth-order valence-corrected chi connectivity index (χ4v) is 3.70. The quantitative estimate of drug-likeness (QED) is 0.648. The van der Waals surface area contributed by atoms with E-state index in [1.54, 1.807) is 12.4 Å². The molecule has 3 aromatic rings. The molecule has 0 bridgehead atoms. The van der Waals surface area contributed by atoms with E-state index >= 15 is 0 Å².